The molecule has 6 nitrogen and oxygen atoms in total. The molecule has 4 rings (SSSR count). The van der Waals surface area contributed by atoms with Gasteiger partial charge >= 0.3 is 0 Å². The van der Waals surface area contributed by atoms with E-state index in [1.807, 2.05) is 6.07 Å². The molecule has 1 aliphatic heterocycles. The van der Waals surface area contributed by atoms with Crippen molar-refractivity contribution in [3.05, 3.63) is 83.4 Å². The fraction of sp³-hybridized carbons (Fsp3) is 0.217. The minimum atomic E-state index is -0.388. The molecule has 0 aliphatic carbocycles. The van der Waals surface area contributed by atoms with E-state index in [0.717, 1.165) is 0 Å². The molecule has 0 saturated carbocycles. The number of likely N-dealkylation sites (tertiary alicyclic amines) is 1. The summed E-state index contributed by atoms with van der Waals surface area (Å²) in [6.07, 6.45) is 2.33. The molecule has 1 aromatic heterocycles. The van der Waals surface area contributed by atoms with Gasteiger partial charge < -0.3 is 4.90 Å². The molecule has 1 aliphatic rings. The molecule has 30 heavy (non-hydrogen) atoms. The molecule has 150 valence electrons. The van der Waals surface area contributed by atoms with E-state index in [2.05, 4.69) is 5.10 Å². The number of carbonyl (C=O) groups is 2. The Kier molecular flexibility index (Phi) is 5.40. The summed E-state index contributed by atoms with van der Waals surface area (Å²) in [7, 11) is 0. The Hall–Kier alpha value is -3.79. The highest BCUT2D eigenvalue weighted by Gasteiger charge is 2.32. The maximum Gasteiger partial charge on any atom is 0.255 e. The number of rotatable bonds is 5. The Bertz CT molecular complexity index is 1150. The minimum Gasteiger partial charge on any atom is -0.338 e. The van der Waals surface area contributed by atoms with Crippen molar-refractivity contribution < 1.29 is 14.0 Å². The molecule has 7 heteroatoms. The molecule has 0 spiro atoms. The minimum absolute atomic E-state index is 0.00217. The monoisotopic (exact) mass is 402 g/mol. The molecule has 2 heterocycles. The summed E-state index contributed by atoms with van der Waals surface area (Å²) in [6, 6.07) is 16.7. The Morgan fingerprint density at radius 2 is 1.90 bits per heavy atom. The molecule has 3 aromatic rings. The molecular formula is C23H19FN4O2. The Morgan fingerprint density at radius 3 is 2.70 bits per heavy atom. The van der Waals surface area contributed by atoms with Gasteiger partial charge in [0.05, 0.1) is 29.3 Å². The number of aromatic nitrogens is 2. The standard InChI is InChI=1S/C23H19FN4O2/c24-20-7-3-4-8-21(20)28-12-10-18(26-28)13-22(29)17-9-11-27(15-17)23(30)19-6-2-1-5-16(19)14-25/h1-8,10,12,17H,9,11,13,15H2/t17-/m0/s1. The van der Waals surface area contributed by atoms with Crippen LogP contribution in [0.4, 0.5) is 4.39 Å². The first-order valence-corrected chi connectivity index (χ1v) is 9.67. The van der Waals surface area contributed by atoms with Crippen LogP contribution in [0.2, 0.25) is 0 Å². The average Bonchev–Trinajstić information content (AvgIpc) is 3.43. The lowest BCUT2D eigenvalue weighted by atomic mass is 10.00. The fourth-order valence-corrected chi connectivity index (χ4v) is 3.70. The van der Waals surface area contributed by atoms with Crippen LogP contribution in [0.3, 0.4) is 0 Å². The zero-order valence-corrected chi connectivity index (χ0v) is 16.2. The topological polar surface area (TPSA) is 79.0 Å². The van der Waals surface area contributed by atoms with Crippen LogP contribution in [0.25, 0.3) is 5.69 Å². The van der Waals surface area contributed by atoms with E-state index in [1.165, 1.54) is 10.7 Å². The third kappa shape index (κ3) is 3.85. The van der Waals surface area contributed by atoms with Crippen molar-refractivity contribution in [3.63, 3.8) is 0 Å². The number of amides is 1. The van der Waals surface area contributed by atoms with Crippen LogP contribution >= 0.6 is 0 Å². The van der Waals surface area contributed by atoms with Crippen LogP contribution in [-0.4, -0.2) is 39.5 Å². The Labute approximate surface area is 173 Å². The number of ketones is 1. The maximum absolute atomic E-state index is 13.9. The van der Waals surface area contributed by atoms with Crippen molar-refractivity contribution in [2.24, 2.45) is 5.92 Å². The number of nitrogens with zero attached hydrogens (tertiary/aromatic N) is 4. The number of Topliss-reactive ketones (excluding diaryl/α,β-unsaturated/α-hetero) is 1. The lowest BCUT2D eigenvalue weighted by Crippen LogP contribution is -2.30. The van der Waals surface area contributed by atoms with E-state index < -0.39 is 0 Å². The van der Waals surface area contributed by atoms with Gasteiger partial charge in [-0.25, -0.2) is 9.07 Å². The van der Waals surface area contributed by atoms with Crippen molar-refractivity contribution in [2.75, 3.05) is 13.1 Å². The van der Waals surface area contributed by atoms with Gasteiger partial charge in [0.1, 0.15) is 17.3 Å². The van der Waals surface area contributed by atoms with E-state index in [-0.39, 0.29) is 29.8 Å². The van der Waals surface area contributed by atoms with Gasteiger partial charge in [-0.1, -0.05) is 24.3 Å². The molecule has 0 radical (unpaired) electrons. The van der Waals surface area contributed by atoms with Crippen LogP contribution in [0.5, 0.6) is 0 Å². The van der Waals surface area contributed by atoms with Crippen LogP contribution in [0, 0.1) is 23.1 Å². The number of hydrogen-bond donors (Lipinski definition) is 0. The summed E-state index contributed by atoms with van der Waals surface area (Å²) in [5, 5.41) is 13.5. The van der Waals surface area contributed by atoms with Crippen molar-refractivity contribution in [3.8, 4) is 11.8 Å². The van der Waals surface area contributed by atoms with Crippen molar-refractivity contribution in [2.45, 2.75) is 12.8 Å². The molecule has 1 amide bonds. The number of para-hydroxylation sites is 1. The molecule has 1 saturated heterocycles. The van der Waals surface area contributed by atoms with E-state index in [1.54, 1.807) is 59.6 Å². The molecule has 0 N–H and O–H groups in total. The fourth-order valence-electron chi connectivity index (χ4n) is 3.70. The van der Waals surface area contributed by atoms with Crippen molar-refractivity contribution >= 4 is 11.7 Å². The Morgan fingerprint density at radius 1 is 1.13 bits per heavy atom. The second kappa shape index (κ2) is 8.29. The zero-order valence-electron chi connectivity index (χ0n) is 16.2. The number of hydrogen-bond acceptors (Lipinski definition) is 4. The molecule has 1 atom stereocenters. The van der Waals surface area contributed by atoms with E-state index in [0.29, 0.717) is 42.0 Å². The predicted octanol–water partition coefficient (Wildman–Crippen LogP) is 3.16. The molecule has 1 fully saturated rings. The largest absolute Gasteiger partial charge is 0.338 e. The summed E-state index contributed by atoms with van der Waals surface area (Å²) in [5.74, 6) is -0.896. The first-order chi connectivity index (χ1) is 14.6. The molecule has 0 bridgehead atoms. The van der Waals surface area contributed by atoms with Gasteiger partial charge in [0, 0.05) is 25.2 Å². The molecular weight excluding hydrogens is 383 g/mol. The van der Waals surface area contributed by atoms with E-state index in [9.17, 15) is 19.2 Å². The van der Waals surface area contributed by atoms with Gasteiger partial charge in [0.25, 0.3) is 5.91 Å². The lowest BCUT2D eigenvalue weighted by Gasteiger charge is -2.17. The second-order valence-electron chi connectivity index (χ2n) is 7.24. The number of carbonyl (C=O) groups excluding carboxylic acids is 2. The summed E-state index contributed by atoms with van der Waals surface area (Å²) in [5.41, 5.74) is 1.57. The lowest BCUT2D eigenvalue weighted by molar-refractivity contribution is -0.121. The molecule has 0 unspecified atom stereocenters. The van der Waals surface area contributed by atoms with Crippen LogP contribution in [-0.2, 0) is 11.2 Å². The highest BCUT2D eigenvalue weighted by atomic mass is 19.1. The number of nitriles is 1. The third-order valence-corrected chi connectivity index (χ3v) is 5.31. The predicted molar refractivity (Wildman–Crippen MR) is 107 cm³/mol. The zero-order chi connectivity index (χ0) is 21.1. The van der Waals surface area contributed by atoms with Crippen molar-refractivity contribution in [1.29, 1.82) is 5.26 Å². The van der Waals surface area contributed by atoms with Crippen LogP contribution < -0.4 is 0 Å². The SMILES string of the molecule is N#Cc1ccccc1C(=O)N1CC[C@H](C(=O)Cc2ccn(-c3ccccc3F)n2)C1. The highest BCUT2D eigenvalue weighted by Crippen LogP contribution is 2.22. The maximum atomic E-state index is 13.9. The van der Waals surface area contributed by atoms with Gasteiger partial charge in [-0.2, -0.15) is 10.4 Å². The normalized spacial score (nSPS) is 15.7. The summed E-state index contributed by atoms with van der Waals surface area (Å²) in [4.78, 5) is 27.1. The smallest absolute Gasteiger partial charge is 0.255 e. The van der Waals surface area contributed by atoms with Gasteiger partial charge in [-0.15, -0.1) is 0 Å². The molecule has 2 aromatic carbocycles. The second-order valence-corrected chi connectivity index (χ2v) is 7.24. The summed E-state index contributed by atoms with van der Waals surface area (Å²) in [6.45, 7) is 0.796. The highest BCUT2D eigenvalue weighted by molar-refractivity contribution is 5.97. The quantitative estimate of drug-likeness (QED) is 0.657. The van der Waals surface area contributed by atoms with E-state index >= 15 is 0 Å². The van der Waals surface area contributed by atoms with Gasteiger partial charge in [-0.3, -0.25) is 9.59 Å². The van der Waals surface area contributed by atoms with Crippen LogP contribution in [0.15, 0.2) is 60.8 Å². The number of benzene rings is 2. The Balaban J connectivity index is 1.41. The first-order valence-electron chi connectivity index (χ1n) is 9.67. The number of halogens is 1. The van der Waals surface area contributed by atoms with Gasteiger partial charge in [-0.05, 0) is 36.8 Å². The van der Waals surface area contributed by atoms with Gasteiger partial charge in [0.15, 0.2) is 0 Å². The van der Waals surface area contributed by atoms with Crippen LogP contribution in [0.1, 0.15) is 28.0 Å². The van der Waals surface area contributed by atoms with E-state index in [4.69, 9.17) is 0 Å². The summed E-state index contributed by atoms with van der Waals surface area (Å²) < 4.78 is 15.3. The first kappa shape index (κ1) is 19.5. The van der Waals surface area contributed by atoms with Crippen molar-refractivity contribution in [1.82, 2.24) is 14.7 Å². The average molecular weight is 402 g/mol. The summed E-state index contributed by atoms with van der Waals surface area (Å²) >= 11 is 0. The van der Waals surface area contributed by atoms with Gasteiger partial charge in [0.2, 0.25) is 0 Å². The third-order valence-electron chi connectivity index (χ3n) is 5.31.